The number of aromatic nitrogens is 2. The Bertz CT molecular complexity index is 476. The van der Waals surface area contributed by atoms with Gasteiger partial charge in [-0.2, -0.15) is 0 Å². The fourth-order valence-corrected chi connectivity index (χ4v) is 1.21. The van der Waals surface area contributed by atoms with Crippen molar-refractivity contribution in [1.82, 2.24) is 9.55 Å². The first kappa shape index (κ1) is 11.5. The molecule has 0 amide bonds. The number of carbonyl (C=O) groups is 1. The van der Waals surface area contributed by atoms with Crippen LogP contribution in [0.3, 0.4) is 0 Å². The summed E-state index contributed by atoms with van der Waals surface area (Å²) in [4.78, 5) is 35.1. The van der Waals surface area contributed by atoms with E-state index >= 15 is 0 Å². The predicted octanol–water partition coefficient (Wildman–Crippen LogP) is -0.247. The Morgan fingerprint density at radius 1 is 1.60 bits per heavy atom. The molecule has 0 fully saturated rings. The van der Waals surface area contributed by atoms with E-state index in [0.29, 0.717) is 0 Å². The molecule has 82 valence electrons. The highest BCUT2D eigenvalue weighted by Gasteiger charge is 2.09. The molecule has 1 rings (SSSR count). The molecule has 6 nitrogen and oxygen atoms in total. The van der Waals surface area contributed by atoms with E-state index in [2.05, 4.69) is 4.74 Å². The van der Waals surface area contributed by atoms with Gasteiger partial charge in [-0.25, -0.2) is 4.79 Å². The second-order valence-electron chi connectivity index (χ2n) is 2.65. The largest absolute Gasteiger partial charge is 0.465 e. The summed E-state index contributed by atoms with van der Waals surface area (Å²) in [6, 6.07) is 1.02. The zero-order chi connectivity index (χ0) is 11.4. The number of nitrogens with one attached hydrogen (secondary N) is 1. The summed E-state index contributed by atoms with van der Waals surface area (Å²) >= 11 is 5.61. The summed E-state index contributed by atoms with van der Waals surface area (Å²) in [7, 11) is 0. The van der Waals surface area contributed by atoms with Gasteiger partial charge in [0.1, 0.15) is 11.7 Å². The standard InChI is InChI=1S/C8H9ClN2O4/c1-2-15-7(13)4-11-5(9)3-6(12)10-8(11)14/h3H,2,4H2,1H3,(H,10,12,14). The van der Waals surface area contributed by atoms with E-state index in [1.165, 1.54) is 0 Å². The maximum Gasteiger partial charge on any atom is 0.330 e. The molecule has 15 heavy (non-hydrogen) atoms. The van der Waals surface area contributed by atoms with Crippen molar-refractivity contribution < 1.29 is 9.53 Å². The molecule has 0 radical (unpaired) electrons. The average Bonchev–Trinajstić information content (AvgIpc) is 2.11. The van der Waals surface area contributed by atoms with Crippen LogP contribution >= 0.6 is 11.6 Å². The molecule has 0 saturated carbocycles. The molecule has 0 aromatic carbocycles. The van der Waals surface area contributed by atoms with Crippen LogP contribution in [0.25, 0.3) is 0 Å². The fourth-order valence-electron chi connectivity index (χ4n) is 0.975. The van der Waals surface area contributed by atoms with Crippen molar-refractivity contribution in [2.75, 3.05) is 6.61 Å². The number of aromatic amines is 1. The van der Waals surface area contributed by atoms with Crippen molar-refractivity contribution >= 4 is 17.6 Å². The number of ether oxygens (including phenoxy) is 1. The highest BCUT2D eigenvalue weighted by molar-refractivity contribution is 6.29. The van der Waals surface area contributed by atoms with Crippen molar-refractivity contribution in [2.24, 2.45) is 0 Å². The number of carbonyl (C=O) groups excluding carboxylic acids is 1. The lowest BCUT2D eigenvalue weighted by Gasteiger charge is -2.05. The number of nitrogens with zero attached hydrogens (tertiary/aromatic N) is 1. The minimum atomic E-state index is -0.736. The van der Waals surface area contributed by atoms with Crippen LogP contribution in [0.5, 0.6) is 0 Å². The highest BCUT2D eigenvalue weighted by Crippen LogP contribution is 2.00. The zero-order valence-corrected chi connectivity index (χ0v) is 8.71. The molecule has 0 aliphatic carbocycles. The molecule has 1 aromatic heterocycles. The summed E-state index contributed by atoms with van der Waals surface area (Å²) < 4.78 is 5.55. The van der Waals surface area contributed by atoms with E-state index in [0.717, 1.165) is 10.6 Å². The predicted molar refractivity (Wildman–Crippen MR) is 53.0 cm³/mol. The molecule has 1 aromatic rings. The Labute approximate surface area is 89.4 Å². The summed E-state index contributed by atoms with van der Waals surface area (Å²) in [5, 5.41) is -0.100. The molecule has 1 N–H and O–H groups in total. The van der Waals surface area contributed by atoms with E-state index < -0.39 is 17.2 Å². The maximum atomic E-state index is 11.2. The molecular formula is C8H9ClN2O4. The van der Waals surface area contributed by atoms with Crippen LogP contribution in [-0.4, -0.2) is 22.1 Å². The first-order valence-corrected chi connectivity index (χ1v) is 4.57. The minimum absolute atomic E-state index is 0.100. The minimum Gasteiger partial charge on any atom is -0.465 e. The maximum absolute atomic E-state index is 11.2. The van der Waals surface area contributed by atoms with Gasteiger partial charge in [-0.05, 0) is 6.92 Å². The molecule has 0 spiro atoms. The van der Waals surface area contributed by atoms with E-state index in [1.807, 2.05) is 4.98 Å². The lowest BCUT2D eigenvalue weighted by molar-refractivity contribution is -0.143. The zero-order valence-electron chi connectivity index (χ0n) is 7.95. The number of hydrogen-bond acceptors (Lipinski definition) is 4. The van der Waals surface area contributed by atoms with Crippen LogP contribution in [0.1, 0.15) is 6.92 Å². The third-order valence-corrected chi connectivity index (χ3v) is 1.89. The fraction of sp³-hybridized carbons (Fsp3) is 0.375. The third kappa shape index (κ3) is 2.95. The lowest BCUT2D eigenvalue weighted by atomic mass is 10.5. The SMILES string of the molecule is CCOC(=O)Cn1c(Cl)cc(=O)[nH]c1=O. The Hall–Kier alpha value is -1.56. The number of hydrogen-bond donors (Lipinski definition) is 1. The smallest absolute Gasteiger partial charge is 0.330 e. The number of esters is 1. The molecule has 0 bridgehead atoms. The summed E-state index contributed by atoms with van der Waals surface area (Å²) in [6.07, 6.45) is 0. The van der Waals surface area contributed by atoms with Crippen molar-refractivity contribution in [3.63, 3.8) is 0 Å². The Kier molecular flexibility index (Phi) is 3.68. The number of rotatable bonds is 3. The number of H-pyrrole nitrogens is 1. The van der Waals surface area contributed by atoms with Gasteiger partial charge < -0.3 is 4.74 Å². The second kappa shape index (κ2) is 4.79. The van der Waals surface area contributed by atoms with E-state index in [-0.39, 0.29) is 18.3 Å². The average molecular weight is 233 g/mol. The van der Waals surface area contributed by atoms with Gasteiger partial charge >= 0.3 is 11.7 Å². The monoisotopic (exact) mass is 232 g/mol. The highest BCUT2D eigenvalue weighted by atomic mass is 35.5. The van der Waals surface area contributed by atoms with Crippen molar-refractivity contribution in [1.29, 1.82) is 0 Å². The van der Waals surface area contributed by atoms with Crippen LogP contribution in [0.4, 0.5) is 0 Å². The Balaban J connectivity index is 3.00. The molecule has 1 heterocycles. The van der Waals surface area contributed by atoms with Gasteiger partial charge in [0.15, 0.2) is 0 Å². The van der Waals surface area contributed by atoms with Crippen LogP contribution in [0, 0.1) is 0 Å². The number of halogens is 1. The quantitative estimate of drug-likeness (QED) is 0.576. The van der Waals surface area contributed by atoms with Crippen LogP contribution in [-0.2, 0) is 16.1 Å². The topological polar surface area (TPSA) is 81.2 Å². The molecule has 7 heteroatoms. The lowest BCUT2D eigenvalue weighted by Crippen LogP contribution is -2.32. The molecular weight excluding hydrogens is 224 g/mol. The van der Waals surface area contributed by atoms with Crippen LogP contribution < -0.4 is 11.2 Å². The van der Waals surface area contributed by atoms with E-state index in [9.17, 15) is 14.4 Å². The van der Waals surface area contributed by atoms with Gasteiger partial charge in [0.25, 0.3) is 5.56 Å². The van der Waals surface area contributed by atoms with E-state index in [4.69, 9.17) is 11.6 Å². The van der Waals surface area contributed by atoms with Gasteiger partial charge in [-0.15, -0.1) is 0 Å². The van der Waals surface area contributed by atoms with Gasteiger partial charge in [0, 0.05) is 6.07 Å². The Morgan fingerprint density at radius 3 is 2.80 bits per heavy atom. The normalized spacial score (nSPS) is 10.0. The molecule has 0 aliphatic rings. The van der Waals surface area contributed by atoms with Gasteiger partial charge in [-0.1, -0.05) is 11.6 Å². The first-order valence-electron chi connectivity index (χ1n) is 4.20. The second-order valence-corrected chi connectivity index (χ2v) is 3.04. The van der Waals surface area contributed by atoms with Gasteiger partial charge in [0.2, 0.25) is 0 Å². The summed E-state index contributed by atoms with van der Waals surface area (Å²) in [5.74, 6) is -0.589. The van der Waals surface area contributed by atoms with Gasteiger partial charge in [0.05, 0.1) is 6.61 Å². The first-order chi connectivity index (χ1) is 7.04. The third-order valence-electron chi connectivity index (χ3n) is 1.58. The molecule has 0 aliphatic heterocycles. The molecule has 0 atom stereocenters. The van der Waals surface area contributed by atoms with Crippen LogP contribution in [0.15, 0.2) is 15.7 Å². The van der Waals surface area contributed by atoms with E-state index in [1.54, 1.807) is 6.92 Å². The van der Waals surface area contributed by atoms with Gasteiger partial charge in [-0.3, -0.25) is 19.1 Å². The van der Waals surface area contributed by atoms with Crippen molar-refractivity contribution in [3.8, 4) is 0 Å². The Morgan fingerprint density at radius 2 is 2.27 bits per heavy atom. The van der Waals surface area contributed by atoms with Crippen molar-refractivity contribution in [3.05, 3.63) is 32.1 Å². The van der Waals surface area contributed by atoms with Crippen molar-refractivity contribution in [2.45, 2.75) is 13.5 Å². The molecule has 0 saturated heterocycles. The van der Waals surface area contributed by atoms with Crippen LogP contribution in [0.2, 0.25) is 5.15 Å². The summed E-state index contributed by atoms with van der Waals surface area (Å²) in [5.41, 5.74) is -1.34. The summed E-state index contributed by atoms with van der Waals surface area (Å²) in [6.45, 7) is 1.55. The molecule has 0 unspecified atom stereocenters.